The lowest BCUT2D eigenvalue weighted by Gasteiger charge is -2.32. The van der Waals surface area contributed by atoms with Gasteiger partial charge in [0, 0.05) is 24.0 Å². The zero-order chi connectivity index (χ0) is 21.5. The molecule has 2 atom stereocenters. The second-order valence-electron chi connectivity index (χ2n) is 7.16. The first-order valence-electron chi connectivity index (χ1n) is 9.09. The van der Waals surface area contributed by atoms with Gasteiger partial charge in [-0.1, -0.05) is 24.6 Å². The van der Waals surface area contributed by atoms with Crippen molar-refractivity contribution < 1.29 is 22.7 Å². The van der Waals surface area contributed by atoms with Crippen LogP contribution in [0.2, 0.25) is 5.02 Å². The number of hydrogen-bond donors (Lipinski definition) is 2. The molecule has 3 rings (SSSR count). The first-order chi connectivity index (χ1) is 13.6. The minimum absolute atomic E-state index is 0.0562. The molecule has 0 saturated carbocycles. The normalized spacial score (nSPS) is 18.2. The number of carboxylic acids is 1. The van der Waals surface area contributed by atoms with Gasteiger partial charge >= 0.3 is 5.97 Å². The lowest BCUT2D eigenvalue weighted by atomic mass is 9.87. The lowest BCUT2D eigenvalue weighted by Crippen LogP contribution is -2.48. The van der Waals surface area contributed by atoms with Crippen LogP contribution in [0.25, 0.3) is 0 Å². The third kappa shape index (κ3) is 3.84. The van der Waals surface area contributed by atoms with Crippen LogP contribution in [0.1, 0.15) is 29.5 Å². The van der Waals surface area contributed by atoms with Crippen molar-refractivity contribution in [3.8, 4) is 0 Å². The van der Waals surface area contributed by atoms with Crippen molar-refractivity contribution in [2.45, 2.75) is 37.6 Å². The van der Waals surface area contributed by atoms with Crippen LogP contribution in [0.4, 0.5) is 10.1 Å². The van der Waals surface area contributed by atoms with Gasteiger partial charge in [0.15, 0.2) is 0 Å². The number of anilines is 1. The Hall–Kier alpha value is -2.16. The molecule has 0 fully saturated rings. The number of benzene rings is 2. The van der Waals surface area contributed by atoms with Crippen LogP contribution < -0.4 is 5.32 Å². The van der Waals surface area contributed by atoms with E-state index in [1.165, 1.54) is 24.3 Å². The van der Waals surface area contributed by atoms with Crippen molar-refractivity contribution in [3.63, 3.8) is 0 Å². The number of carboxylic acid groups (broad SMARTS) is 1. The van der Waals surface area contributed by atoms with Gasteiger partial charge in [-0.25, -0.2) is 12.8 Å². The van der Waals surface area contributed by atoms with Gasteiger partial charge in [-0.15, -0.1) is 0 Å². The fourth-order valence-corrected chi connectivity index (χ4v) is 5.79. The monoisotopic (exact) mass is 440 g/mol. The van der Waals surface area contributed by atoms with Gasteiger partial charge in [-0.2, -0.15) is 4.31 Å². The van der Waals surface area contributed by atoms with Gasteiger partial charge in [0.2, 0.25) is 10.0 Å². The van der Waals surface area contributed by atoms with Crippen molar-refractivity contribution >= 4 is 33.3 Å². The molecular formula is C20H22ClFN2O4S. The first kappa shape index (κ1) is 21.5. The number of hydrogen-bond acceptors (Lipinski definition) is 4. The summed E-state index contributed by atoms with van der Waals surface area (Å²) in [5, 5.41) is 13.3. The van der Waals surface area contributed by atoms with E-state index in [-0.39, 0.29) is 23.5 Å². The van der Waals surface area contributed by atoms with Crippen LogP contribution in [-0.4, -0.2) is 42.9 Å². The summed E-state index contributed by atoms with van der Waals surface area (Å²) >= 11 is 5.97. The maximum Gasteiger partial charge on any atom is 0.322 e. The molecule has 2 aromatic rings. The number of fused-ring (bicyclic) bond motifs is 1. The number of nitrogens with one attached hydrogen (secondary N) is 1. The van der Waals surface area contributed by atoms with Crippen molar-refractivity contribution in [1.29, 1.82) is 0 Å². The van der Waals surface area contributed by atoms with Crippen molar-refractivity contribution in [2.24, 2.45) is 0 Å². The van der Waals surface area contributed by atoms with E-state index in [2.05, 4.69) is 5.32 Å². The molecule has 1 aliphatic heterocycles. The van der Waals surface area contributed by atoms with Crippen LogP contribution in [0, 0.1) is 19.7 Å². The summed E-state index contributed by atoms with van der Waals surface area (Å²) in [5.74, 6) is -2.79. The van der Waals surface area contributed by atoms with Crippen LogP contribution >= 0.6 is 11.6 Å². The Kier molecular flexibility index (Phi) is 5.89. The molecule has 1 heterocycles. The molecule has 1 aliphatic rings. The highest BCUT2D eigenvalue weighted by molar-refractivity contribution is 7.89. The third-order valence-electron chi connectivity index (χ3n) is 5.40. The maximum atomic E-state index is 14.6. The third-order valence-corrected chi connectivity index (χ3v) is 7.57. The smallest absolute Gasteiger partial charge is 0.322 e. The van der Waals surface area contributed by atoms with E-state index in [9.17, 15) is 22.7 Å². The Morgan fingerprint density at radius 3 is 2.62 bits per heavy atom. The molecule has 0 aromatic heterocycles. The molecule has 9 heteroatoms. The van der Waals surface area contributed by atoms with E-state index in [1.807, 2.05) is 0 Å². The summed E-state index contributed by atoms with van der Waals surface area (Å²) in [6.45, 7) is 5.16. The molecule has 2 aromatic carbocycles. The second-order valence-corrected chi connectivity index (χ2v) is 9.45. The molecule has 29 heavy (non-hydrogen) atoms. The molecule has 0 aliphatic carbocycles. The quantitative estimate of drug-likeness (QED) is 0.755. The van der Waals surface area contributed by atoms with Gasteiger partial charge in [-0.05, 0) is 54.8 Å². The highest BCUT2D eigenvalue weighted by Gasteiger charge is 2.42. The topological polar surface area (TPSA) is 86.7 Å². The minimum Gasteiger partial charge on any atom is -0.480 e. The zero-order valence-electron chi connectivity index (χ0n) is 16.2. The molecule has 0 amide bonds. The molecule has 2 N–H and O–H groups in total. The number of aliphatic carboxylic acids is 1. The Labute approximate surface area is 174 Å². The van der Waals surface area contributed by atoms with Crippen molar-refractivity contribution in [1.82, 2.24) is 4.31 Å². The molecule has 1 unspecified atom stereocenters. The zero-order valence-corrected chi connectivity index (χ0v) is 17.8. The van der Waals surface area contributed by atoms with Crippen LogP contribution in [-0.2, 0) is 14.8 Å². The summed E-state index contributed by atoms with van der Waals surface area (Å²) < 4.78 is 42.3. The molecule has 0 bridgehead atoms. The summed E-state index contributed by atoms with van der Waals surface area (Å²) in [6, 6.07) is 5.69. The molecule has 156 valence electrons. The second kappa shape index (κ2) is 7.93. The van der Waals surface area contributed by atoms with E-state index in [4.69, 9.17) is 11.6 Å². The fraction of sp³-hybridized carbons (Fsp3) is 0.350. The van der Waals surface area contributed by atoms with Crippen molar-refractivity contribution in [3.05, 3.63) is 57.9 Å². The maximum absolute atomic E-state index is 14.6. The molecule has 6 nitrogen and oxygen atoms in total. The number of rotatable bonds is 4. The van der Waals surface area contributed by atoms with E-state index in [1.54, 1.807) is 26.8 Å². The number of sulfonamides is 1. The Balaban J connectivity index is 2.14. The average molecular weight is 441 g/mol. The fourth-order valence-electron chi connectivity index (χ4n) is 3.81. The first-order valence-corrected chi connectivity index (χ1v) is 10.9. The van der Waals surface area contributed by atoms with Crippen molar-refractivity contribution in [2.75, 3.05) is 18.4 Å². The molecule has 0 saturated heterocycles. The van der Waals surface area contributed by atoms with Gasteiger partial charge in [0.25, 0.3) is 0 Å². The van der Waals surface area contributed by atoms with E-state index < -0.39 is 33.8 Å². The summed E-state index contributed by atoms with van der Waals surface area (Å²) in [6.07, 6.45) is 0. The number of aryl methyl sites for hydroxylation is 1. The Morgan fingerprint density at radius 1 is 1.28 bits per heavy atom. The van der Waals surface area contributed by atoms with Gasteiger partial charge in [0.05, 0.1) is 5.69 Å². The molecule has 0 spiro atoms. The Morgan fingerprint density at radius 2 is 1.97 bits per heavy atom. The summed E-state index contributed by atoms with van der Waals surface area (Å²) in [5.41, 5.74) is 1.94. The van der Waals surface area contributed by atoms with Gasteiger partial charge in [-0.3, -0.25) is 4.79 Å². The highest BCUT2D eigenvalue weighted by Crippen LogP contribution is 2.36. The van der Waals surface area contributed by atoms with Crippen LogP contribution in [0.5, 0.6) is 0 Å². The van der Waals surface area contributed by atoms with E-state index >= 15 is 0 Å². The summed E-state index contributed by atoms with van der Waals surface area (Å²) in [7, 11) is -4.16. The minimum atomic E-state index is -4.16. The molecule has 0 radical (unpaired) electrons. The van der Waals surface area contributed by atoms with Crippen LogP contribution in [0.3, 0.4) is 0 Å². The molecular weight excluding hydrogens is 419 g/mol. The Bertz CT molecular complexity index is 1070. The number of nitrogens with zero attached hydrogens (tertiary/aromatic N) is 1. The van der Waals surface area contributed by atoms with Gasteiger partial charge < -0.3 is 10.4 Å². The lowest BCUT2D eigenvalue weighted by molar-refractivity contribution is -0.142. The largest absolute Gasteiger partial charge is 0.480 e. The SMILES string of the molecule is Cc1ccc(F)c(C(C)[C@@H](C(=O)O)N2CCNc3cc(Cl)ccc3S2(=O)=O)c1C. The predicted molar refractivity (Wildman–Crippen MR) is 110 cm³/mol. The standard InChI is InChI=1S/C20H22ClFN2O4S/c1-11-4-6-15(22)18(12(11)2)13(3)19(20(25)26)24-9-8-23-16-10-14(21)5-7-17(16)29(24,27)28/h4-7,10,13,19,23H,8-9H2,1-3H3,(H,25,26)/t13?,19-/m0/s1. The van der Waals surface area contributed by atoms with Crippen LogP contribution in [0.15, 0.2) is 35.2 Å². The predicted octanol–water partition coefficient (Wildman–Crippen LogP) is 3.77. The number of carbonyl (C=O) groups is 1. The van der Waals surface area contributed by atoms with E-state index in [0.717, 1.165) is 9.87 Å². The number of halogens is 2. The average Bonchev–Trinajstić information content (AvgIpc) is 2.75. The summed E-state index contributed by atoms with van der Waals surface area (Å²) in [4.78, 5) is 12.2. The van der Waals surface area contributed by atoms with Gasteiger partial charge in [0.1, 0.15) is 16.8 Å². The van der Waals surface area contributed by atoms with E-state index in [0.29, 0.717) is 16.3 Å². The highest BCUT2D eigenvalue weighted by atomic mass is 35.5.